The van der Waals surface area contributed by atoms with Crippen LogP contribution in [0.4, 0.5) is 0 Å². The van der Waals surface area contributed by atoms with Crippen molar-refractivity contribution in [1.82, 2.24) is 0 Å². The fraction of sp³-hybridized carbons (Fsp3) is 0.368. The number of hydrogen-bond acceptors (Lipinski definition) is 7. The summed E-state index contributed by atoms with van der Waals surface area (Å²) >= 11 is 0. The minimum atomic E-state index is -0.620. The summed E-state index contributed by atoms with van der Waals surface area (Å²) < 4.78 is 21.7. The Balaban J connectivity index is 2.24. The van der Waals surface area contributed by atoms with Crippen LogP contribution < -0.4 is 19.9 Å². The molecule has 0 radical (unpaired) electrons. The van der Waals surface area contributed by atoms with Gasteiger partial charge in [-0.2, -0.15) is 5.26 Å². The highest BCUT2D eigenvalue weighted by atomic mass is 16.5. The van der Waals surface area contributed by atoms with Crippen LogP contribution in [0.2, 0.25) is 0 Å². The highest BCUT2D eigenvalue weighted by Crippen LogP contribution is 2.47. The molecule has 1 atom stereocenters. The van der Waals surface area contributed by atoms with E-state index >= 15 is 0 Å². The lowest BCUT2D eigenvalue weighted by Gasteiger charge is -2.31. The summed E-state index contributed by atoms with van der Waals surface area (Å²) in [6.07, 6.45) is 1.73. The molecular weight excluding hydrogens is 336 g/mol. The molecule has 3 rings (SSSR count). The molecule has 2 N–H and O–H groups in total. The van der Waals surface area contributed by atoms with Crippen molar-refractivity contribution in [1.29, 1.82) is 5.26 Å². The second-order valence-electron chi connectivity index (χ2n) is 6.00. The van der Waals surface area contributed by atoms with Crippen molar-refractivity contribution >= 4 is 5.78 Å². The van der Waals surface area contributed by atoms with E-state index in [4.69, 9.17) is 24.7 Å². The summed E-state index contributed by atoms with van der Waals surface area (Å²) in [5.41, 5.74) is 7.31. The Labute approximate surface area is 151 Å². The zero-order chi connectivity index (χ0) is 18.8. The molecule has 1 aliphatic heterocycles. The Morgan fingerprint density at radius 1 is 1.15 bits per heavy atom. The van der Waals surface area contributed by atoms with Crippen LogP contribution in [0.25, 0.3) is 0 Å². The summed E-state index contributed by atoms with van der Waals surface area (Å²) in [5.74, 6) is 1.22. The molecule has 0 spiro atoms. The molecule has 0 saturated carbocycles. The van der Waals surface area contributed by atoms with Crippen LogP contribution >= 0.6 is 0 Å². The van der Waals surface area contributed by atoms with Crippen molar-refractivity contribution < 1.29 is 23.7 Å². The van der Waals surface area contributed by atoms with E-state index in [0.29, 0.717) is 53.4 Å². The number of nitriles is 1. The average molecular weight is 356 g/mol. The Kier molecular flexibility index (Phi) is 4.76. The number of nitrogens with two attached hydrogens (primary N) is 1. The second-order valence-corrected chi connectivity index (χ2v) is 6.00. The quantitative estimate of drug-likeness (QED) is 0.884. The van der Waals surface area contributed by atoms with Crippen LogP contribution in [0.5, 0.6) is 17.2 Å². The Bertz CT molecular complexity index is 838. The predicted molar refractivity (Wildman–Crippen MR) is 92.6 cm³/mol. The van der Waals surface area contributed by atoms with E-state index in [-0.39, 0.29) is 17.2 Å². The van der Waals surface area contributed by atoms with E-state index in [1.54, 1.807) is 12.1 Å². The molecule has 7 heteroatoms. The number of methoxy groups -OCH3 is 3. The molecule has 0 amide bonds. The van der Waals surface area contributed by atoms with E-state index in [9.17, 15) is 10.1 Å². The Morgan fingerprint density at radius 3 is 2.35 bits per heavy atom. The molecule has 7 nitrogen and oxygen atoms in total. The maximum Gasteiger partial charge on any atom is 0.205 e. The highest BCUT2D eigenvalue weighted by Gasteiger charge is 2.38. The lowest BCUT2D eigenvalue weighted by Crippen LogP contribution is -2.27. The molecule has 0 unspecified atom stereocenters. The third-order valence-electron chi connectivity index (χ3n) is 4.63. The van der Waals surface area contributed by atoms with E-state index < -0.39 is 5.92 Å². The average Bonchev–Trinajstić information content (AvgIpc) is 2.65. The molecule has 136 valence electrons. The third-order valence-corrected chi connectivity index (χ3v) is 4.63. The summed E-state index contributed by atoms with van der Waals surface area (Å²) in [5, 5.41) is 9.63. The topological polar surface area (TPSA) is 104 Å². The van der Waals surface area contributed by atoms with Gasteiger partial charge < -0.3 is 24.7 Å². The van der Waals surface area contributed by atoms with Crippen LogP contribution in [0, 0.1) is 11.3 Å². The fourth-order valence-corrected chi connectivity index (χ4v) is 3.46. The molecule has 1 aromatic rings. The normalized spacial score (nSPS) is 19.5. The van der Waals surface area contributed by atoms with Gasteiger partial charge in [-0.05, 0) is 24.1 Å². The zero-order valence-electron chi connectivity index (χ0n) is 14.9. The maximum atomic E-state index is 12.6. The summed E-state index contributed by atoms with van der Waals surface area (Å²) in [4.78, 5) is 12.6. The summed E-state index contributed by atoms with van der Waals surface area (Å²) in [7, 11) is 4.53. The van der Waals surface area contributed by atoms with Crippen LogP contribution in [0.3, 0.4) is 0 Å². The first kappa shape index (κ1) is 17.7. The zero-order valence-corrected chi connectivity index (χ0v) is 14.9. The molecule has 0 bridgehead atoms. The van der Waals surface area contributed by atoms with Gasteiger partial charge in [0.1, 0.15) is 17.4 Å². The van der Waals surface area contributed by atoms with E-state index in [0.717, 1.165) is 0 Å². The van der Waals surface area contributed by atoms with Gasteiger partial charge >= 0.3 is 0 Å². The van der Waals surface area contributed by atoms with Gasteiger partial charge in [-0.1, -0.05) is 0 Å². The van der Waals surface area contributed by atoms with Gasteiger partial charge in [-0.3, -0.25) is 4.79 Å². The number of Topliss-reactive ketones (excluding diaryl/α,β-unsaturated/α-hetero) is 1. The van der Waals surface area contributed by atoms with Gasteiger partial charge in [0, 0.05) is 18.4 Å². The number of ether oxygens (including phenoxy) is 4. The lowest BCUT2D eigenvalue weighted by atomic mass is 9.77. The van der Waals surface area contributed by atoms with Gasteiger partial charge in [-0.15, -0.1) is 0 Å². The first-order valence-corrected chi connectivity index (χ1v) is 8.19. The number of carbonyl (C=O) groups excluding carboxylic acids is 1. The third kappa shape index (κ3) is 2.73. The van der Waals surface area contributed by atoms with Crippen molar-refractivity contribution in [2.24, 2.45) is 5.73 Å². The van der Waals surface area contributed by atoms with Crippen LogP contribution in [-0.4, -0.2) is 27.1 Å². The highest BCUT2D eigenvalue weighted by molar-refractivity contribution is 5.99. The molecule has 26 heavy (non-hydrogen) atoms. The number of hydrogen-bond donors (Lipinski definition) is 1. The molecule has 1 heterocycles. The summed E-state index contributed by atoms with van der Waals surface area (Å²) in [6, 6.07) is 5.55. The van der Waals surface area contributed by atoms with E-state index in [1.807, 2.05) is 0 Å². The smallest absolute Gasteiger partial charge is 0.205 e. The number of nitrogens with zero attached hydrogens (tertiary/aromatic N) is 1. The van der Waals surface area contributed by atoms with Gasteiger partial charge in [-0.25, -0.2) is 0 Å². The van der Waals surface area contributed by atoms with E-state index in [1.165, 1.54) is 21.3 Å². The van der Waals surface area contributed by atoms with Crippen molar-refractivity contribution in [3.8, 4) is 23.3 Å². The molecule has 1 aliphatic carbocycles. The van der Waals surface area contributed by atoms with Crippen molar-refractivity contribution in [2.45, 2.75) is 25.2 Å². The Morgan fingerprint density at radius 2 is 1.81 bits per heavy atom. The number of benzene rings is 1. The van der Waals surface area contributed by atoms with Crippen molar-refractivity contribution in [2.75, 3.05) is 21.3 Å². The molecular formula is C19H20N2O5. The molecule has 2 aliphatic rings. The van der Waals surface area contributed by atoms with Gasteiger partial charge in [0.15, 0.2) is 17.3 Å². The van der Waals surface area contributed by atoms with Crippen LogP contribution in [-0.2, 0) is 9.53 Å². The van der Waals surface area contributed by atoms with Crippen molar-refractivity contribution in [3.05, 3.63) is 40.5 Å². The number of allylic oxidation sites excluding steroid dienone is 3. The van der Waals surface area contributed by atoms with Gasteiger partial charge in [0.25, 0.3) is 0 Å². The van der Waals surface area contributed by atoms with Gasteiger partial charge in [0.2, 0.25) is 11.6 Å². The van der Waals surface area contributed by atoms with Crippen LogP contribution in [0.1, 0.15) is 30.7 Å². The fourth-order valence-electron chi connectivity index (χ4n) is 3.46. The van der Waals surface area contributed by atoms with Gasteiger partial charge in [0.05, 0.1) is 27.2 Å². The van der Waals surface area contributed by atoms with E-state index in [2.05, 4.69) is 6.07 Å². The number of ketones is 1. The Hall–Kier alpha value is -3.14. The number of rotatable bonds is 4. The molecule has 1 aromatic carbocycles. The first-order valence-electron chi connectivity index (χ1n) is 8.19. The predicted octanol–water partition coefficient (Wildman–Crippen LogP) is 2.53. The minimum Gasteiger partial charge on any atom is -0.493 e. The standard InChI is InChI=1S/C19H20N2O5/c1-23-14-7-10(8-15(24-2)18(14)25-3)16-11(9-20)19(21)26-13-6-4-5-12(22)17(13)16/h7-8,16H,4-6,21H2,1-3H3/t16-/m0/s1. The first-order chi connectivity index (χ1) is 12.5. The maximum absolute atomic E-state index is 12.6. The van der Waals surface area contributed by atoms with Crippen molar-refractivity contribution in [3.63, 3.8) is 0 Å². The monoisotopic (exact) mass is 356 g/mol. The minimum absolute atomic E-state index is 0.0275. The molecule has 0 saturated heterocycles. The number of carbonyl (C=O) groups is 1. The SMILES string of the molecule is COc1cc([C@H]2C(C#N)=C(N)OC3=C2C(=O)CCC3)cc(OC)c1OC. The van der Waals surface area contributed by atoms with Crippen LogP contribution in [0.15, 0.2) is 34.9 Å². The molecule has 0 fully saturated rings. The largest absolute Gasteiger partial charge is 0.493 e. The second kappa shape index (κ2) is 7.00. The lowest BCUT2D eigenvalue weighted by molar-refractivity contribution is -0.116. The molecule has 0 aromatic heterocycles. The summed E-state index contributed by atoms with van der Waals surface area (Å²) in [6.45, 7) is 0.